The van der Waals surface area contributed by atoms with Crippen LogP contribution in [0.15, 0.2) is 36.5 Å². The largest absolute Gasteiger partial charge is 0.479 e. The van der Waals surface area contributed by atoms with E-state index in [1.165, 1.54) is 6.20 Å². The van der Waals surface area contributed by atoms with Crippen LogP contribution in [0.3, 0.4) is 0 Å². The molecule has 0 fully saturated rings. The third-order valence-corrected chi connectivity index (χ3v) is 3.58. The molecule has 2 rings (SSSR count). The average Bonchev–Trinajstić information content (AvgIpc) is 2.87. The summed E-state index contributed by atoms with van der Waals surface area (Å²) in [6.07, 6.45) is 1.43. The highest BCUT2D eigenvalue weighted by Crippen LogP contribution is 2.11. The topological polar surface area (TPSA) is 104 Å². The van der Waals surface area contributed by atoms with E-state index in [4.69, 9.17) is 5.11 Å². The van der Waals surface area contributed by atoms with Crippen molar-refractivity contribution in [1.82, 2.24) is 15.1 Å². The fraction of sp³-hybridized carbons (Fsp3) is 0.312. The fourth-order valence-electron chi connectivity index (χ4n) is 2.01. The highest BCUT2D eigenvalue weighted by Gasteiger charge is 2.30. The number of carbonyl (C=O) groups excluding carboxylic acids is 1. The van der Waals surface area contributed by atoms with Crippen LogP contribution >= 0.6 is 0 Å². The van der Waals surface area contributed by atoms with E-state index in [1.54, 1.807) is 11.6 Å². The van der Waals surface area contributed by atoms with Crippen LogP contribution in [-0.4, -0.2) is 44.0 Å². The maximum Gasteiger partial charge on any atom is 0.337 e. The van der Waals surface area contributed by atoms with Gasteiger partial charge >= 0.3 is 5.97 Å². The predicted octanol–water partition coefficient (Wildman–Crippen LogP) is 0.805. The summed E-state index contributed by atoms with van der Waals surface area (Å²) >= 11 is 0. The van der Waals surface area contributed by atoms with Gasteiger partial charge in [0.1, 0.15) is 0 Å². The highest BCUT2D eigenvalue weighted by atomic mass is 16.4. The van der Waals surface area contributed by atoms with Crippen molar-refractivity contribution in [2.24, 2.45) is 0 Å². The van der Waals surface area contributed by atoms with Crippen LogP contribution in [0.25, 0.3) is 0 Å². The van der Waals surface area contributed by atoms with Gasteiger partial charge in [0.25, 0.3) is 5.91 Å². The summed E-state index contributed by atoms with van der Waals surface area (Å²) in [4.78, 5) is 23.0. The molecule has 1 amide bonds. The Morgan fingerprint density at radius 2 is 1.96 bits per heavy atom. The standard InChI is InChI=1S/C16H19N3O4/c1-11-13(14(20)17-10-16(2,23)15(21)22)8-18-19(11)9-12-6-4-3-5-7-12/h3-8,23H,9-10H2,1-2H3,(H,17,20)(H,21,22). The van der Waals surface area contributed by atoms with Crippen molar-refractivity contribution >= 4 is 11.9 Å². The fourth-order valence-corrected chi connectivity index (χ4v) is 2.01. The van der Waals surface area contributed by atoms with Gasteiger partial charge in [-0.05, 0) is 19.4 Å². The van der Waals surface area contributed by atoms with Crippen molar-refractivity contribution in [3.05, 3.63) is 53.3 Å². The molecule has 7 heteroatoms. The number of nitrogens with one attached hydrogen (secondary N) is 1. The van der Waals surface area contributed by atoms with Crippen molar-refractivity contribution in [2.45, 2.75) is 26.0 Å². The summed E-state index contributed by atoms with van der Waals surface area (Å²) in [5, 5.41) is 25.1. The normalized spacial score (nSPS) is 13.3. The molecule has 0 bridgehead atoms. The first kappa shape index (κ1) is 16.7. The summed E-state index contributed by atoms with van der Waals surface area (Å²) in [5.74, 6) is -1.86. The Bertz CT molecular complexity index is 707. The summed E-state index contributed by atoms with van der Waals surface area (Å²) < 4.78 is 1.69. The first-order valence-electron chi connectivity index (χ1n) is 7.11. The van der Waals surface area contributed by atoms with E-state index in [9.17, 15) is 14.7 Å². The third-order valence-electron chi connectivity index (χ3n) is 3.58. The Morgan fingerprint density at radius 1 is 1.30 bits per heavy atom. The van der Waals surface area contributed by atoms with Gasteiger partial charge in [-0.15, -0.1) is 0 Å². The zero-order valence-corrected chi connectivity index (χ0v) is 13.0. The number of hydrogen-bond acceptors (Lipinski definition) is 4. The molecule has 1 atom stereocenters. The van der Waals surface area contributed by atoms with Crippen LogP contribution in [0.1, 0.15) is 28.5 Å². The predicted molar refractivity (Wildman–Crippen MR) is 83.1 cm³/mol. The molecular formula is C16H19N3O4. The second-order valence-corrected chi connectivity index (χ2v) is 5.55. The molecule has 122 valence electrons. The van der Waals surface area contributed by atoms with E-state index in [0.717, 1.165) is 12.5 Å². The van der Waals surface area contributed by atoms with Crippen molar-refractivity contribution < 1.29 is 19.8 Å². The minimum Gasteiger partial charge on any atom is -0.479 e. The number of aromatic nitrogens is 2. The van der Waals surface area contributed by atoms with Gasteiger partial charge < -0.3 is 15.5 Å². The molecule has 0 aliphatic rings. The molecule has 2 aromatic rings. The lowest BCUT2D eigenvalue weighted by molar-refractivity contribution is -0.155. The van der Waals surface area contributed by atoms with Gasteiger partial charge in [-0.2, -0.15) is 5.10 Å². The molecule has 0 saturated carbocycles. The molecule has 1 unspecified atom stereocenters. The molecule has 1 aromatic heterocycles. The van der Waals surface area contributed by atoms with Crippen molar-refractivity contribution in [2.75, 3.05) is 6.54 Å². The smallest absolute Gasteiger partial charge is 0.337 e. The summed E-state index contributed by atoms with van der Waals surface area (Å²) in [6.45, 7) is 3.04. The average molecular weight is 317 g/mol. The van der Waals surface area contributed by atoms with Gasteiger partial charge in [-0.3, -0.25) is 9.48 Å². The molecule has 3 N–H and O–H groups in total. The Balaban J connectivity index is 2.07. The molecule has 1 heterocycles. The molecule has 7 nitrogen and oxygen atoms in total. The number of benzene rings is 1. The van der Waals surface area contributed by atoms with Crippen molar-refractivity contribution in [3.8, 4) is 0 Å². The molecule has 0 saturated heterocycles. The van der Waals surface area contributed by atoms with Gasteiger partial charge in [-0.1, -0.05) is 30.3 Å². The SMILES string of the molecule is Cc1c(C(=O)NCC(C)(O)C(=O)O)cnn1Cc1ccccc1. The molecule has 1 aromatic carbocycles. The van der Waals surface area contributed by atoms with Crippen LogP contribution in [0.4, 0.5) is 0 Å². The lowest BCUT2D eigenvalue weighted by Crippen LogP contribution is -2.46. The summed E-state index contributed by atoms with van der Waals surface area (Å²) in [5.41, 5.74) is 0.0618. The maximum atomic E-state index is 12.1. The zero-order chi connectivity index (χ0) is 17.0. The van der Waals surface area contributed by atoms with Crippen LogP contribution in [-0.2, 0) is 11.3 Å². The molecule has 0 radical (unpaired) electrons. The Kier molecular flexibility index (Phi) is 4.80. The number of carbonyl (C=O) groups is 2. The van der Waals surface area contributed by atoms with Crippen LogP contribution in [0.5, 0.6) is 0 Å². The van der Waals surface area contributed by atoms with Gasteiger partial charge in [0.2, 0.25) is 0 Å². The number of aliphatic hydroxyl groups is 1. The summed E-state index contributed by atoms with van der Waals surface area (Å²) in [7, 11) is 0. The minimum absolute atomic E-state index is 0.349. The number of carboxylic acids is 1. The van der Waals surface area contributed by atoms with E-state index in [0.29, 0.717) is 17.8 Å². The number of nitrogens with zero attached hydrogens (tertiary/aromatic N) is 2. The number of carboxylic acid groups (broad SMARTS) is 1. The zero-order valence-electron chi connectivity index (χ0n) is 13.0. The van der Waals surface area contributed by atoms with E-state index in [-0.39, 0.29) is 6.54 Å². The molecule has 0 aliphatic heterocycles. The number of rotatable bonds is 6. The monoisotopic (exact) mass is 317 g/mol. The van der Waals surface area contributed by atoms with Crippen molar-refractivity contribution in [1.29, 1.82) is 0 Å². The van der Waals surface area contributed by atoms with Crippen LogP contribution < -0.4 is 5.32 Å². The van der Waals surface area contributed by atoms with E-state index >= 15 is 0 Å². The number of hydrogen-bond donors (Lipinski definition) is 3. The van der Waals surface area contributed by atoms with Crippen LogP contribution in [0, 0.1) is 6.92 Å². The number of amides is 1. The third kappa shape index (κ3) is 3.95. The second-order valence-electron chi connectivity index (χ2n) is 5.55. The maximum absolute atomic E-state index is 12.1. The molecule has 0 aliphatic carbocycles. The first-order chi connectivity index (χ1) is 10.8. The van der Waals surface area contributed by atoms with E-state index in [1.807, 2.05) is 30.3 Å². The van der Waals surface area contributed by atoms with Gasteiger partial charge in [-0.25, -0.2) is 4.79 Å². The Hall–Kier alpha value is -2.67. The quantitative estimate of drug-likeness (QED) is 0.731. The van der Waals surface area contributed by atoms with Gasteiger partial charge in [0, 0.05) is 5.69 Å². The number of aliphatic carboxylic acids is 1. The minimum atomic E-state index is -2.01. The highest BCUT2D eigenvalue weighted by molar-refractivity contribution is 5.95. The van der Waals surface area contributed by atoms with E-state index in [2.05, 4.69) is 10.4 Å². The lowest BCUT2D eigenvalue weighted by atomic mass is 10.1. The second kappa shape index (κ2) is 6.62. The molecular weight excluding hydrogens is 298 g/mol. The van der Waals surface area contributed by atoms with Gasteiger partial charge in [0.15, 0.2) is 5.60 Å². The summed E-state index contributed by atoms with van der Waals surface area (Å²) in [6, 6.07) is 9.70. The molecule has 23 heavy (non-hydrogen) atoms. The molecule has 0 spiro atoms. The van der Waals surface area contributed by atoms with Gasteiger partial charge in [0.05, 0.1) is 24.8 Å². The van der Waals surface area contributed by atoms with Crippen LogP contribution in [0.2, 0.25) is 0 Å². The van der Waals surface area contributed by atoms with E-state index < -0.39 is 17.5 Å². The Morgan fingerprint density at radius 3 is 2.57 bits per heavy atom. The Labute approximate surface area is 133 Å². The first-order valence-corrected chi connectivity index (χ1v) is 7.11. The van der Waals surface area contributed by atoms with Crippen molar-refractivity contribution in [3.63, 3.8) is 0 Å². The lowest BCUT2D eigenvalue weighted by Gasteiger charge is -2.18.